The lowest BCUT2D eigenvalue weighted by Gasteiger charge is -2.11. The molecule has 0 saturated heterocycles. The van der Waals surface area contributed by atoms with E-state index in [1.165, 1.54) is 24.3 Å². The lowest BCUT2D eigenvalue weighted by atomic mass is 10.1. The van der Waals surface area contributed by atoms with Crippen molar-refractivity contribution >= 4 is 39.7 Å². The summed E-state index contributed by atoms with van der Waals surface area (Å²) in [6.07, 6.45) is -3.49. The van der Waals surface area contributed by atoms with Crippen LogP contribution in [0.3, 0.4) is 0 Å². The molecule has 4 rings (SSSR count). The first-order valence-corrected chi connectivity index (χ1v) is 10.6. The number of carbonyl (C=O) groups is 1. The number of carbonyl (C=O) groups excluding carboxylic acids is 1. The van der Waals surface area contributed by atoms with Crippen molar-refractivity contribution < 1.29 is 18.0 Å². The molecule has 12 heteroatoms. The van der Waals surface area contributed by atoms with Gasteiger partial charge < -0.3 is 10.2 Å². The van der Waals surface area contributed by atoms with Crippen LogP contribution in [0.1, 0.15) is 5.56 Å². The molecule has 0 bridgehead atoms. The van der Waals surface area contributed by atoms with E-state index in [9.17, 15) is 27.6 Å². The first-order chi connectivity index (χ1) is 16.0. The number of hydrogen-bond acceptors (Lipinski definition) is 7. The first-order valence-electron chi connectivity index (χ1n) is 9.75. The molecule has 2 aromatic carbocycles. The fourth-order valence-corrected chi connectivity index (χ4v) is 3.99. The maximum atomic E-state index is 12.9. The van der Waals surface area contributed by atoms with Crippen LogP contribution in [-0.4, -0.2) is 40.8 Å². The van der Waals surface area contributed by atoms with Crippen molar-refractivity contribution in [2.45, 2.75) is 6.18 Å². The van der Waals surface area contributed by atoms with Gasteiger partial charge in [-0.1, -0.05) is 41.7 Å². The molecule has 0 fully saturated rings. The van der Waals surface area contributed by atoms with Gasteiger partial charge in [0.2, 0.25) is 4.96 Å². The minimum absolute atomic E-state index is 0.0340. The van der Waals surface area contributed by atoms with Gasteiger partial charge in [0.15, 0.2) is 5.69 Å². The first kappa shape index (κ1) is 23.1. The van der Waals surface area contributed by atoms with E-state index >= 15 is 0 Å². The van der Waals surface area contributed by atoms with E-state index in [4.69, 9.17) is 0 Å². The number of amides is 1. The average molecular weight is 487 g/mol. The summed E-state index contributed by atoms with van der Waals surface area (Å²) in [7, 11) is 3.80. The number of nitrogens with zero attached hydrogens (tertiary/aromatic N) is 4. The maximum Gasteiger partial charge on any atom is 0.471 e. The minimum Gasteiger partial charge on any atom is -0.378 e. The number of para-hydroxylation sites is 1. The molecule has 174 valence electrons. The van der Waals surface area contributed by atoms with E-state index in [1.54, 1.807) is 11.4 Å². The lowest BCUT2D eigenvalue weighted by Crippen LogP contribution is -2.30. The molecule has 0 unspecified atom stereocenters. The zero-order chi connectivity index (χ0) is 24.6. The minimum atomic E-state index is -5.12. The predicted molar refractivity (Wildman–Crippen MR) is 123 cm³/mol. The van der Waals surface area contributed by atoms with Crippen molar-refractivity contribution in [1.29, 1.82) is 0 Å². The topological polar surface area (TPSA) is 96.7 Å². The molecular formula is C22H16F3N5O3S. The van der Waals surface area contributed by atoms with Gasteiger partial charge in [-0.2, -0.15) is 27.8 Å². The van der Waals surface area contributed by atoms with Crippen LogP contribution in [-0.2, 0) is 4.79 Å². The predicted octanol–water partition coefficient (Wildman–Crippen LogP) is 2.29. The van der Waals surface area contributed by atoms with Crippen LogP contribution < -0.4 is 25.9 Å². The van der Waals surface area contributed by atoms with E-state index < -0.39 is 23.2 Å². The Bertz CT molecular complexity index is 1560. The van der Waals surface area contributed by atoms with Crippen molar-refractivity contribution in [3.05, 3.63) is 79.3 Å². The standard InChI is InChI=1S/C22H16F3N5O3S/c1-29(2)13-9-7-12(8-10-13)11-16-19(32)30-21(34-16)27-18(31)17(28-30)14-5-3-4-6-15(14)26-20(33)22(23,24)25/h3-11H,1-2H3,(H,26,33)/b16-11-. The number of hydrogen-bond donors (Lipinski definition) is 1. The molecule has 0 atom stereocenters. The third-order valence-electron chi connectivity index (χ3n) is 4.78. The normalized spacial score (nSPS) is 12.2. The number of alkyl halides is 3. The van der Waals surface area contributed by atoms with Crippen LogP contribution in [0.5, 0.6) is 0 Å². The summed E-state index contributed by atoms with van der Waals surface area (Å²) in [5.41, 5.74) is -0.413. The highest BCUT2D eigenvalue weighted by Gasteiger charge is 2.39. The molecule has 2 aromatic heterocycles. The summed E-state index contributed by atoms with van der Waals surface area (Å²) in [4.78, 5) is 42.8. The third-order valence-corrected chi connectivity index (χ3v) is 5.74. The molecular weight excluding hydrogens is 471 g/mol. The molecule has 0 spiro atoms. The van der Waals surface area contributed by atoms with Crippen LogP contribution in [0.25, 0.3) is 22.3 Å². The second-order valence-corrected chi connectivity index (χ2v) is 8.37. The fraction of sp³-hybridized carbons (Fsp3) is 0.136. The van der Waals surface area contributed by atoms with Crippen molar-refractivity contribution in [2.24, 2.45) is 0 Å². The quantitative estimate of drug-likeness (QED) is 0.475. The fourth-order valence-electron chi connectivity index (χ4n) is 3.09. The summed E-state index contributed by atoms with van der Waals surface area (Å²) in [5, 5.41) is 5.78. The summed E-state index contributed by atoms with van der Waals surface area (Å²) >= 11 is 0.958. The molecule has 0 aliphatic carbocycles. The van der Waals surface area contributed by atoms with E-state index in [0.717, 1.165) is 27.1 Å². The molecule has 0 aliphatic rings. The van der Waals surface area contributed by atoms with Crippen LogP contribution in [0.2, 0.25) is 0 Å². The number of halogens is 3. The maximum absolute atomic E-state index is 12.9. The molecule has 0 saturated carbocycles. The van der Waals surface area contributed by atoms with Gasteiger partial charge in [0.25, 0.3) is 5.56 Å². The van der Waals surface area contributed by atoms with Gasteiger partial charge in [-0.15, -0.1) is 0 Å². The Balaban J connectivity index is 1.80. The molecule has 8 nitrogen and oxygen atoms in total. The monoisotopic (exact) mass is 487 g/mol. The molecule has 1 N–H and O–H groups in total. The highest BCUT2D eigenvalue weighted by molar-refractivity contribution is 7.15. The average Bonchev–Trinajstić information content (AvgIpc) is 3.07. The van der Waals surface area contributed by atoms with Gasteiger partial charge in [0.05, 0.1) is 10.2 Å². The molecule has 2 heterocycles. The Hall–Kier alpha value is -4.06. The van der Waals surface area contributed by atoms with E-state index in [2.05, 4.69) is 10.1 Å². The Labute approximate surface area is 193 Å². The second-order valence-electron chi connectivity index (χ2n) is 7.36. The van der Waals surface area contributed by atoms with Gasteiger partial charge in [-0.25, -0.2) is 0 Å². The van der Waals surface area contributed by atoms with Crippen LogP contribution >= 0.6 is 11.3 Å². The Kier molecular flexibility index (Phi) is 5.92. The van der Waals surface area contributed by atoms with Gasteiger partial charge in [-0.3, -0.25) is 14.4 Å². The van der Waals surface area contributed by atoms with Gasteiger partial charge in [0, 0.05) is 25.3 Å². The zero-order valence-corrected chi connectivity index (χ0v) is 18.6. The summed E-state index contributed by atoms with van der Waals surface area (Å²) in [5.74, 6) is -2.20. The van der Waals surface area contributed by atoms with E-state index in [-0.39, 0.29) is 26.4 Å². The number of thiazole rings is 1. The van der Waals surface area contributed by atoms with Crippen LogP contribution in [0.4, 0.5) is 24.5 Å². The zero-order valence-electron chi connectivity index (χ0n) is 17.8. The summed E-state index contributed by atoms with van der Waals surface area (Å²) in [6, 6.07) is 12.8. The van der Waals surface area contributed by atoms with Crippen molar-refractivity contribution in [1.82, 2.24) is 14.6 Å². The largest absolute Gasteiger partial charge is 0.471 e. The SMILES string of the molecule is CN(C)c1ccc(/C=c2\sc3nc(=O)c(-c4ccccc4NC(=O)C(F)(F)F)nn3c2=O)cc1. The Morgan fingerprint density at radius 2 is 1.76 bits per heavy atom. The molecule has 34 heavy (non-hydrogen) atoms. The Morgan fingerprint density at radius 3 is 2.41 bits per heavy atom. The van der Waals surface area contributed by atoms with Crippen LogP contribution in [0, 0.1) is 0 Å². The molecule has 4 aromatic rings. The number of benzene rings is 2. The number of nitrogens with one attached hydrogen (secondary N) is 1. The lowest BCUT2D eigenvalue weighted by molar-refractivity contribution is -0.167. The Morgan fingerprint density at radius 1 is 1.09 bits per heavy atom. The number of rotatable bonds is 4. The third kappa shape index (κ3) is 4.53. The van der Waals surface area contributed by atoms with E-state index in [0.29, 0.717) is 0 Å². The van der Waals surface area contributed by atoms with Crippen molar-refractivity contribution in [2.75, 3.05) is 24.3 Å². The number of anilines is 2. The van der Waals surface area contributed by atoms with Crippen molar-refractivity contribution in [3.8, 4) is 11.3 Å². The summed E-state index contributed by atoms with van der Waals surface area (Å²) in [6.45, 7) is 0. The smallest absolute Gasteiger partial charge is 0.378 e. The van der Waals surface area contributed by atoms with Crippen LogP contribution in [0.15, 0.2) is 58.1 Å². The van der Waals surface area contributed by atoms with Gasteiger partial charge >= 0.3 is 17.6 Å². The number of aromatic nitrogens is 3. The second kappa shape index (κ2) is 8.71. The molecule has 0 radical (unpaired) electrons. The number of fused-ring (bicyclic) bond motifs is 1. The van der Waals surface area contributed by atoms with Crippen molar-refractivity contribution in [3.63, 3.8) is 0 Å². The van der Waals surface area contributed by atoms with Gasteiger partial charge in [-0.05, 0) is 29.8 Å². The van der Waals surface area contributed by atoms with Gasteiger partial charge in [0.1, 0.15) is 0 Å². The highest BCUT2D eigenvalue weighted by atomic mass is 32.1. The highest BCUT2D eigenvalue weighted by Crippen LogP contribution is 2.26. The van der Waals surface area contributed by atoms with E-state index in [1.807, 2.05) is 43.3 Å². The molecule has 0 aliphatic heterocycles. The summed E-state index contributed by atoms with van der Waals surface area (Å²) < 4.78 is 39.3. The molecule has 1 amide bonds.